The molecule has 23 heavy (non-hydrogen) atoms. The number of pyridine rings is 1. The van der Waals surface area contributed by atoms with Crippen molar-refractivity contribution in [1.82, 2.24) is 9.38 Å². The van der Waals surface area contributed by atoms with E-state index in [-0.39, 0.29) is 0 Å². The van der Waals surface area contributed by atoms with E-state index in [0.29, 0.717) is 12.2 Å². The predicted molar refractivity (Wildman–Crippen MR) is 90.4 cm³/mol. The molecule has 0 aliphatic carbocycles. The molecule has 0 aliphatic rings. The van der Waals surface area contributed by atoms with E-state index in [0.717, 1.165) is 33.9 Å². The van der Waals surface area contributed by atoms with Crippen LogP contribution in [0.2, 0.25) is 0 Å². The van der Waals surface area contributed by atoms with Crippen LogP contribution in [0.3, 0.4) is 0 Å². The monoisotopic (exact) mass is 303 g/mol. The maximum atomic E-state index is 9.12. The van der Waals surface area contributed by atoms with Crippen molar-refractivity contribution in [3.05, 3.63) is 66.0 Å². The highest BCUT2D eigenvalue weighted by atomic mass is 16.5. The summed E-state index contributed by atoms with van der Waals surface area (Å²) in [4.78, 5) is 4.62. The Labute approximate surface area is 135 Å². The minimum Gasteiger partial charge on any atom is -0.489 e. The Morgan fingerprint density at radius 1 is 1.26 bits per heavy atom. The van der Waals surface area contributed by atoms with Gasteiger partial charge < -0.3 is 9.14 Å². The van der Waals surface area contributed by atoms with Gasteiger partial charge in [0.05, 0.1) is 11.3 Å². The molecule has 3 rings (SSSR count). The molecule has 0 N–H and O–H groups in total. The highest BCUT2D eigenvalue weighted by molar-refractivity contribution is 5.64. The first-order valence-corrected chi connectivity index (χ1v) is 7.35. The summed E-state index contributed by atoms with van der Waals surface area (Å²) >= 11 is 0. The van der Waals surface area contributed by atoms with E-state index in [1.807, 2.05) is 54.8 Å². The summed E-state index contributed by atoms with van der Waals surface area (Å²) in [6, 6.07) is 13.7. The van der Waals surface area contributed by atoms with Gasteiger partial charge in [-0.1, -0.05) is 6.58 Å². The average molecular weight is 303 g/mol. The third-order valence-corrected chi connectivity index (χ3v) is 3.64. The molecule has 0 saturated heterocycles. The van der Waals surface area contributed by atoms with Crippen molar-refractivity contribution in [2.75, 3.05) is 6.61 Å². The van der Waals surface area contributed by atoms with Crippen molar-refractivity contribution in [1.29, 1.82) is 5.26 Å². The van der Waals surface area contributed by atoms with Crippen LogP contribution in [0, 0.1) is 18.3 Å². The minimum absolute atomic E-state index is 0.518. The number of nitrogens with zero attached hydrogens (tertiary/aromatic N) is 3. The molecule has 0 aliphatic heterocycles. The van der Waals surface area contributed by atoms with Gasteiger partial charge in [-0.15, -0.1) is 0 Å². The number of hydrogen-bond donors (Lipinski definition) is 0. The molecule has 0 bridgehead atoms. The number of aromatic nitrogens is 2. The quantitative estimate of drug-likeness (QED) is 0.681. The topological polar surface area (TPSA) is 50.3 Å². The summed E-state index contributed by atoms with van der Waals surface area (Å²) in [5.74, 6) is 0.809. The summed E-state index contributed by atoms with van der Waals surface area (Å²) in [5.41, 5.74) is 5.25. The molecule has 0 spiro atoms. The van der Waals surface area contributed by atoms with Crippen LogP contribution in [-0.4, -0.2) is 16.0 Å². The van der Waals surface area contributed by atoms with Gasteiger partial charge in [0.1, 0.15) is 24.1 Å². The van der Waals surface area contributed by atoms with Gasteiger partial charge >= 0.3 is 0 Å². The number of ether oxygens (including phenoxy) is 1. The fourth-order valence-electron chi connectivity index (χ4n) is 2.37. The van der Waals surface area contributed by atoms with Gasteiger partial charge in [0, 0.05) is 17.5 Å². The van der Waals surface area contributed by atoms with Crippen LogP contribution in [0.1, 0.15) is 18.2 Å². The maximum Gasteiger partial charge on any atom is 0.137 e. The molecule has 0 atom stereocenters. The van der Waals surface area contributed by atoms with Gasteiger partial charge in [0.15, 0.2) is 0 Å². The van der Waals surface area contributed by atoms with Crippen LogP contribution in [-0.2, 0) is 0 Å². The summed E-state index contributed by atoms with van der Waals surface area (Å²) < 4.78 is 7.55. The SMILES string of the molecule is C=C(C)COc1ccc(-c2cn3c(C)c(C#N)ccc3n2)cc1. The lowest BCUT2D eigenvalue weighted by atomic mass is 10.1. The van der Waals surface area contributed by atoms with E-state index in [4.69, 9.17) is 10.00 Å². The molecule has 4 heteroatoms. The van der Waals surface area contributed by atoms with Crippen LogP contribution in [0.4, 0.5) is 0 Å². The first kappa shape index (κ1) is 14.9. The van der Waals surface area contributed by atoms with Gasteiger partial charge in [-0.2, -0.15) is 5.26 Å². The lowest BCUT2D eigenvalue weighted by Crippen LogP contribution is -1.97. The van der Waals surface area contributed by atoms with Crippen LogP contribution in [0.5, 0.6) is 5.75 Å². The van der Waals surface area contributed by atoms with Crippen molar-refractivity contribution in [2.24, 2.45) is 0 Å². The van der Waals surface area contributed by atoms with Gasteiger partial charge in [-0.05, 0) is 55.8 Å². The number of fused-ring (bicyclic) bond motifs is 1. The van der Waals surface area contributed by atoms with Crippen molar-refractivity contribution in [3.8, 4) is 23.1 Å². The Hall–Kier alpha value is -3.06. The molecular weight excluding hydrogens is 286 g/mol. The van der Waals surface area contributed by atoms with Crippen LogP contribution >= 0.6 is 0 Å². The zero-order valence-electron chi connectivity index (χ0n) is 13.2. The molecule has 0 unspecified atom stereocenters. The molecule has 1 aromatic carbocycles. The second kappa shape index (κ2) is 5.98. The van der Waals surface area contributed by atoms with Gasteiger partial charge in [-0.25, -0.2) is 4.98 Å². The van der Waals surface area contributed by atoms with Crippen molar-refractivity contribution in [3.63, 3.8) is 0 Å². The normalized spacial score (nSPS) is 10.5. The Balaban J connectivity index is 1.93. The zero-order chi connectivity index (χ0) is 16.4. The molecular formula is C19H17N3O. The molecule has 3 aromatic rings. The predicted octanol–water partition coefficient (Wildman–Crippen LogP) is 4.14. The Kier molecular flexibility index (Phi) is 3.86. The van der Waals surface area contributed by atoms with Crippen LogP contribution in [0.15, 0.2) is 54.7 Å². The lowest BCUT2D eigenvalue weighted by molar-refractivity contribution is 0.353. The standard InChI is InChI=1S/C19H17N3O/c1-13(2)12-23-17-7-4-15(5-8-17)18-11-22-14(3)16(10-20)6-9-19(22)21-18/h4-9,11H,1,12H2,2-3H3. The zero-order valence-corrected chi connectivity index (χ0v) is 13.2. The van der Waals surface area contributed by atoms with E-state index < -0.39 is 0 Å². The highest BCUT2D eigenvalue weighted by Crippen LogP contribution is 2.23. The molecule has 0 fully saturated rings. The number of nitriles is 1. The Morgan fingerprint density at radius 2 is 2.00 bits per heavy atom. The number of hydrogen-bond acceptors (Lipinski definition) is 3. The van der Waals surface area contributed by atoms with Crippen LogP contribution < -0.4 is 4.74 Å². The third-order valence-electron chi connectivity index (χ3n) is 3.64. The first-order chi connectivity index (χ1) is 11.1. The Bertz CT molecular complexity index is 914. The minimum atomic E-state index is 0.518. The first-order valence-electron chi connectivity index (χ1n) is 7.35. The van der Waals surface area contributed by atoms with E-state index in [1.54, 1.807) is 6.07 Å². The molecule has 0 radical (unpaired) electrons. The van der Waals surface area contributed by atoms with Gasteiger partial charge in [-0.3, -0.25) is 0 Å². The van der Waals surface area contributed by atoms with Crippen molar-refractivity contribution < 1.29 is 4.74 Å². The average Bonchev–Trinajstić information content (AvgIpc) is 2.99. The molecule has 0 saturated carbocycles. The van der Waals surface area contributed by atoms with E-state index in [9.17, 15) is 0 Å². The van der Waals surface area contributed by atoms with Gasteiger partial charge in [0.25, 0.3) is 0 Å². The maximum absolute atomic E-state index is 9.12. The summed E-state index contributed by atoms with van der Waals surface area (Å²) in [5, 5.41) is 9.12. The second-order valence-corrected chi connectivity index (χ2v) is 5.57. The molecule has 2 heterocycles. The third kappa shape index (κ3) is 2.95. The van der Waals surface area contributed by atoms with Crippen molar-refractivity contribution in [2.45, 2.75) is 13.8 Å². The second-order valence-electron chi connectivity index (χ2n) is 5.57. The number of aryl methyl sites for hydroxylation is 1. The summed E-state index contributed by atoms with van der Waals surface area (Å²) in [7, 11) is 0. The van der Waals surface area contributed by atoms with Crippen LogP contribution in [0.25, 0.3) is 16.9 Å². The molecule has 4 nitrogen and oxygen atoms in total. The number of imidazole rings is 1. The molecule has 114 valence electrons. The van der Waals surface area contributed by atoms with Gasteiger partial charge in [0.2, 0.25) is 0 Å². The summed E-state index contributed by atoms with van der Waals surface area (Å²) in [6.07, 6.45) is 1.95. The Morgan fingerprint density at radius 3 is 2.65 bits per heavy atom. The summed E-state index contributed by atoms with van der Waals surface area (Å²) in [6.45, 7) is 8.19. The largest absolute Gasteiger partial charge is 0.489 e. The highest BCUT2D eigenvalue weighted by Gasteiger charge is 2.08. The molecule has 2 aromatic heterocycles. The van der Waals surface area contributed by atoms with E-state index in [1.165, 1.54) is 0 Å². The lowest BCUT2D eigenvalue weighted by Gasteiger charge is -2.05. The van der Waals surface area contributed by atoms with Crippen molar-refractivity contribution >= 4 is 5.65 Å². The smallest absolute Gasteiger partial charge is 0.137 e. The number of benzene rings is 1. The van der Waals surface area contributed by atoms with E-state index in [2.05, 4.69) is 17.6 Å². The number of rotatable bonds is 4. The fourth-order valence-corrected chi connectivity index (χ4v) is 2.37. The molecule has 0 amide bonds. The van der Waals surface area contributed by atoms with E-state index >= 15 is 0 Å². The fraction of sp³-hybridized carbons (Fsp3) is 0.158.